The van der Waals surface area contributed by atoms with Crippen LogP contribution in [0.4, 0.5) is 4.39 Å². The third-order valence-electron chi connectivity index (χ3n) is 5.44. The number of likely N-dealkylation sites (tertiary alicyclic amines) is 2. The summed E-state index contributed by atoms with van der Waals surface area (Å²) < 4.78 is 13.7. The number of nitrogens with zero attached hydrogens (tertiary/aromatic N) is 3. The average molecular weight is 396 g/mol. The molecule has 2 aliphatic rings. The minimum absolute atomic E-state index is 0. The summed E-state index contributed by atoms with van der Waals surface area (Å²) in [6.45, 7) is 4.45. The predicted octanol–water partition coefficient (Wildman–Crippen LogP) is 3.32. The number of amides is 1. The van der Waals surface area contributed by atoms with Crippen LogP contribution in [0.3, 0.4) is 0 Å². The largest absolute Gasteiger partial charge is 0.342 e. The molecule has 1 aromatic heterocycles. The number of rotatable bonds is 3. The molecule has 0 radical (unpaired) electrons. The van der Waals surface area contributed by atoms with Gasteiger partial charge in [-0.2, -0.15) is 0 Å². The number of halogens is 2. The Kier molecular flexibility index (Phi) is 5.65. The number of aromatic nitrogens is 1. The summed E-state index contributed by atoms with van der Waals surface area (Å²) in [5.74, 6) is 0.784. The highest BCUT2D eigenvalue weighted by molar-refractivity contribution is 7.09. The lowest BCUT2D eigenvalue weighted by Gasteiger charge is -2.27. The van der Waals surface area contributed by atoms with Gasteiger partial charge in [0.1, 0.15) is 5.82 Å². The highest BCUT2D eigenvalue weighted by atomic mass is 35.5. The molecular weight excluding hydrogens is 373 g/mol. The van der Waals surface area contributed by atoms with E-state index in [0.717, 1.165) is 35.9 Å². The Morgan fingerprint density at radius 1 is 1.35 bits per heavy atom. The van der Waals surface area contributed by atoms with E-state index in [9.17, 15) is 9.18 Å². The van der Waals surface area contributed by atoms with E-state index < -0.39 is 0 Å². The van der Waals surface area contributed by atoms with E-state index >= 15 is 0 Å². The van der Waals surface area contributed by atoms with E-state index in [0.29, 0.717) is 18.3 Å². The van der Waals surface area contributed by atoms with Gasteiger partial charge in [-0.15, -0.1) is 23.7 Å². The second kappa shape index (κ2) is 7.62. The van der Waals surface area contributed by atoms with Crippen LogP contribution in [0, 0.1) is 24.6 Å². The number of hydrogen-bond donors (Lipinski definition) is 0. The zero-order valence-corrected chi connectivity index (χ0v) is 16.5. The second-order valence-electron chi connectivity index (χ2n) is 7.20. The fourth-order valence-corrected chi connectivity index (χ4v) is 5.02. The van der Waals surface area contributed by atoms with Gasteiger partial charge in [0, 0.05) is 37.0 Å². The van der Waals surface area contributed by atoms with Gasteiger partial charge in [0.05, 0.1) is 17.1 Å². The standard InChI is InChI=1S/C19H22FN3OS.ClH/c1-12-21-16(11-25-12)7-18(24)23-9-14-8-22(2)19(17(14)10-23)13-4-3-5-15(20)6-13;/h3-6,11,14,17,19H,7-10H2,1-2H3;1H/t14-,17+,19-;/m0./s1. The first kappa shape index (κ1) is 19.3. The Hall–Kier alpha value is -1.50. The van der Waals surface area contributed by atoms with Crippen molar-refractivity contribution in [2.75, 3.05) is 26.7 Å². The van der Waals surface area contributed by atoms with Crippen LogP contribution in [0.25, 0.3) is 0 Å². The first-order valence-corrected chi connectivity index (χ1v) is 9.53. The Bertz CT molecular complexity index is 799. The fraction of sp³-hybridized carbons (Fsp3) is 0.474. The topological polar surface area (TPSA) is 36.4 Å². The monoisotopic (exact) mass is 395 g/mol. The van der Waals surface area contributed by atoms with Crippen molar-refractivity contribution in [2.24, 2.45) is 11.8 Å². The SMILES string of the molecule is Cc1nc(CC(=O)N2C[C@@H]3CN(C)[C@@H](c4cccc(F)c4)[C@@H]3C2)cs1.Cl. The zero-order valence-electron chi connectivity index (χ0n) is 14.9. The molecule has 140 valence electrons. The molecule has 0 spiro atoms. The Morgan fingerprint density at radius 3 is 2.85 bits per heavy atom. The third-order valence-corrected chi connectivity index (χ3v) is 6.26. The quantitative estimate of drug-likeness (QED) is 0.799. The third kappa shape index (κ3) is 3.63. The number of hydrogen-bond acceptors (Lipinski definition) is 4. The molecule has 1 amide bonds. The maximum atomic E-state index is 13.7. The van der Waals surface area contributed by atoms with Gasteiger partial charge in [-0.05, 0) is 37.6 Å². The summed E-state index contributed by atoms with van der Waals surface area (Å²) in [6, 6.07) is 7.06. The molecule has 7 heteroatoms. The fourth-order valence-electron chi connectivity index (χ4n) is 4.41. The van der Waals surface area contributed by atoms with E-state index in [1.165, 1.54) is 6.07 Å². The first-order valence-electron chi connectivity index (χ1n) is 8.66. The van der Waals surface area contributed by atoms with Crippen LogP contribution < -0.4 is 0 Å². The second-order valence-corrected chi connectivity index (χ2v) is 8.26. The lowest BCUT2D eigenvalue weighted by Crippen LogP contribution is -2.34. The molecule has 26 heavy (non-hydrogen) atoms. The summed E-state index contributed by atoms with van der Waals surface area (Å²) in [4.78, 5) is 21.3. The van der Waals surface area contributed by atoms with Crippen molar-refractivity contribution in [1.82, 2.24) is 14.8 Å². The number of benzene rings is 1. The lowest BCUT2D eigenvalue weighted by molar-refractivity contribution is -0.129. The average Bonchev–Trinajstić information content (AvgIpc) is 3.21. The van der Waals surface area contributed by atoms with Crippen LogP contribution in [0.1, 0.15) is 22.3 Å². The molecule has 2 saturated heterocycles. The van der Waals surface area contributed by atoms with Crippen LogP contribution in [0.15, 0.2) is 29.6 Å². The van der Waals surface area contributed by atoms with Crippen molar-refractivity contribution in [2.45, 2.75) is 19.4 Å². The van der Waals surface area contributed by atoms with E-state index in [1.54, 1.807) is 23.5 Å². The van der Waals surface area contributed by atoms with Gasteiger partial charge in [0.15, 0.2) is 0 Å². The van der Waals surface area contributed by atoms with Gasteiger partial charge in [-0.1, -0.05) is 12.1 Å². The van der Waals surface area contributed by atoms with Gasteiger partial charge in [0.25, 0.3) is 0 Å². The normalized spacial score (nSPS) is 25.2. The molecule has 0 saturated carbocycles. The van der Waals surface area contributed by atoms with Crippen LogP contribution in [-0.2, 0) is 11.2 Å². The minimum Gasteiger partial charge on any atom is -0.342 e. The van der Waals surface area contributed by atoms with Gasteiger partial charge < -0.3 is 4.90 Å². The van der Waals surface area contributed by atoms with Gasteiger partial charge in [-0.25, -0.2) is 9.37 Å². The van der Waals surface area contributed by atoms with E-state index in [1.807, 2.05) is 23.3 Å². The molecule has 0 N–H and O–H groups in total. The van der Waals surface area contributed by atoms with Gasteiger partial charge >= 0.3 is 0 Å². The van der Waals surface area contributed by atoms with Crippen molar-refractivity contribution in [3.8, 4) is 0 Å². The smallest absolute Gasteiger partial charge is 0.228 e. The summed E-state index contributed by atoms with van der Waals surface area (Å²) in [6.07, 6.45) is 0.379. The maximum absolute atomic E-state index is 13.7. The Balaban J connectivity index is 0.00000196. The zero-order chi connectivity index (χ0) is 17.6. The van der Waals surface area contributed by atoms with E-state index in [-0.39, 0.29) is 30.2 Å². The summed E-state index contributed by atoms with van der Waals surface area (Å²) in [5.41, 5.74) is 1.88. The number of thiazole rings is 1. The van der Waals surface area contributed by atoms with Crippen molar-refractivity contribution in [3.05, 3.63) is 51.7 Å². The van der Waals surface area contributed by atoms with Crippen LogP contribution in [-0.4, -0.2) is 47.4 Å². The van der Waals surface area contributed by atoms with Gasteiger partial charge in [0.2, 0.25) is 5.91 Å². The predicted molar refractivity (Wildman–Crippen MR) is 103 cm³/mol. The molecule has 2 fully saturated rings. The highest BCUT2D eigenvalue weighted by Crippen LogP contribution is 2.44. The Morgan fingerprint density at radius 2 is 2.15 bits per heavy atom. The summed E-state index contributed by atoms with van der Waals surface area (Å²) >= 11 is 1.58. The van der Waals surface area contributed by atoms with Crippen molar-refractivity contribution >= 4 is 29.7 Å². The first-order chi connectivity index (χ1) is 12.0. The molecule has 0 bridgehead atoms. The van der Waals surface area contributed by atoms with E-state index in [2.05, 4.69) is 16.9 Å². The molecular formula is C19H23ClFN3OS. The molecule has 0 unspecified atom stereocenters. The molecule has 4 rings (SSSR count). The van der Waals surface area contributed by atoms with Crippen LogP contribution in [0.2, 0.25) is 0 Å². The van der Waals surface area contributed by atoms with Crippen LogP contribution in [0.5, 0.6) is 0 Å². The minimum atomic E-state index is -0.195. The molecule has 4 nitrogen and oxygen atoms in total. The van der Waals surface area contributed by atoms with Crippen molar-refractivity contribution < 1.29 is 9.18 Å². The van der Waals surface area contributed by atoms with Crippen LogP contribution >= 0.6 is 23.7 Å². The highest BCUT2D eigenvalue weighted by Gasteiger charge is 2.47. The van der Waals surface area contributed by atoms with Crippen molar-refractivity contribution in [1.29, 1.82) is 0 Å². The number of aryl methyl sites for hydroxylation is 1. The molecule has 3 heterocycles. The number of carbonyl (C=O) groups is 1. The Labute approximate surface area is 163 Å². The summed E-state index contributed by atoms with van der Waals surface area (Å²) in [7, 11) is 2.10. The van der Waals surface area contributed by atoms with Crippen molar-refractivity contribution in [3.63, 3.8) is 0 Å². The number of fused-ring (bicyclic) bond motifs is 1. The summed E-state index contributed by atoms with van der Waals surface area (Å²) in [5, 5.41) is 2.96. The molecule has 1 aromatic carbocycles. The van der Waals surface area contributed by atoms with E-state index in [4.69, 9.17) is 0 Å². The van der Waals surface area contributed by atoms with Gasteiger partial charge in [-0.3, -0.25) is 9.69 Å². The molecule has 2 aromatic rings. The lowest BCUT2D eigenvalue weighted by atomic mass is 9.89. The molecule has 0 aliphatic carbocycles. The molecule has 3 atom stereocenters. The number of carbonyl (C=O) groups excluding carboxylic acids is 1. The maximum Gasteiger partial charge on any atom is 0.228 e. The molecule has 2 aliphatic heterocycles.